The van der Waals surface area contributed by atoms with Gasteiger partial charge in [-0.15, -0.1) is 0 Å². The zero-order chi connectivity index (χ0) is 14.7. The molecule has 2 heterocycles. The molecule has 0 aliphatic rings. The third kappa shape index (κ3) is 3.01. The lowest BCUT2D eigenvalue weighted by atomic mass is 10.1. The number of pyridine rings is 1. The van der Waals surface area contributed by atoms with E-state index in [2.05, 4.69) is 15.0 Å². The molecule has 0 unspecified atom stereocenters. The summed E-state index contributed by atoms with van der Waals surface area (Å²) in [7, 11) is 1.58. The third-order valence-corrected chi connectivity index (χ3v) is 3.16. The van der Waals surface area contributed by atoms with E-state index in [1.165, 1.54) is 0 Å². The van der Waals surface area contributed by atoms with E-state index in [-0.39, 0.29) is 0 Å². The number of rotatable bonds is 3. The largest absolute Gasteiger partial charge is 0.481 e. The molecular formula is C16H12ClN3O. The lowest BCUT2D eigenvalue weighted by Crippen LogP contribution is -1.94. The van der Waals surface area contributed by atoms with Gasteiger partial charge in [-0.1, -0.05) is 41.9 Å². The highest BCUT2D eigenvalue weighted by atomic mass is 35.5. The summed E-state index contributed by atoms with van der Waals surface area (Å²) in [6.45, 7) is 0. The first-order valence-electron chi connectivity index (χ1n) is 6.36. The van der Waals surface area contributed by atoms with Crippen molar-refractivity contribution in [1.29, 1.82) is 0 Å². The van der Waals surface area contributed by atoms with Gasteiger partial charge >= 0.3 is 0 Å². The summed E-state index contributed by atoms with van der Waals surface area (Å²) in [6, 6.07) is 15.1. The Morgan fingerprint density at radius 2 is 1.76 bits per heavy atom. The molecule has 5 heteroatoms. The van der Waals surface area contributed by atoms with Gasteiger partial charge in [0.25, 0.3) is 0 Å². The fourth-order valence-corrected chi connectivity index (χ4v) is 2.15. The van der Waals surface area contributed by atoms with Crippen LogP contribution < -0.4 is 4.74 Å². The van der Waals surface area contributed by atoms with Gasteiger partial charge < -0.3 is 4.74 Å². The first-order chi connectivity index (χ1) is 10.3. The zero-order valence-corrected chi connectivity index (χ0v) is 12.1. The van der Waals surface area contributed by atoms with Crippen molar-refractivity contribution < 1.29 is 4.74 Å². The number of halogens is 1. The van der Waals surface area contributed by atoms with Crippen molar-refractivity contribution in [2.45, 2.75) is 0 Å². The van der Waals surface area contributed by atoms with Gasteiger partial charge in [0.15, 0.2) is 5.82 Å². The van der Waals surface area contributed by atoms with E-state index >= 15 is 0 Å². The van der Waals surface area contributed by atoms with Crippen molar-refractivity contribution in [3.8, 4) is 28.5 Å². The molecule has 1 aromatic carbocycles. The number of ether oxygens (including phenoxy) is 1. The summed E-state index contributed by atoms with van der Waals surface area (Å²) in [5, 5.41) is 0.398. The molecular weight excluding hydrogens is 286 g/mol. The molecule has 0 N–H and O–H groups in total. The average Bonchev–Trinajstić information content (AvgIpc) is 2.55. The van der Waals surface area contributed by atoms with Crippen LogP contribution >= 0.6 is 11.6 Å². The van der Waals surface area contributed by atoms with Crippen LogP contribution in [0.15, 0.2) is 54.7 Å². The maximum atomic E-state index is 6.13. The Kier molecular flexibility index (Phi) is 3.79. The van der Waals surface area contributed by atoms with Gasteiger partial charge in [-0.2, -0.15) is 0 Å². The Morgan fingerprint density at radius 3 is 2.52 bits per heavy atom. The molecule has 0 bridgehead atoms. The summed E-state index contributed by atoms with van der Waals surface area (Å²) >= 11 is 6.13. The monoisotopic (exact) mass is 297 g/mol. The molecule has 0 amide bonds. The van der Waals surface area contributed by atoms with Crippen LogP contribution in [-0.2, 0) is 0 Å². The Balaban J connectivity index is 2.09. The van der Waals surface area contributed by atoms with Gasteiger partial charge in [-0.25, -0.2) is 15.0 Å². The van der Waals surface area contributed by atoms with Crippen molar-refractivity contribution in [3.63, 3.8) is 0 Å². The van der Waals surface area contributed by atoms with E-state index in [0.717, 1.165) is 16.8 Å². The Morgan fingerprint density at radius 1 is 0.952 bits per heavy atom. The number of aromatic nitrogens is 3. The Hall–Kier alpha value is -2.46. The van der Waals surface area contributed by atoms with Gasteiger partial charge in [0.2, 0.25) is 5.88 Å². The topological polar surface area (TPSA) is 47.9 Å². The van der Waals surface area contributed by atoms with E-state index in [9.17, 15) is 0 Å². The zero-order valence-electron chi connectivity index (χ0n) is 11.3. The van der Waals surface area contributed by atoms with Crippen LogP contribution in [0.2, 0.25) is 5.15 Å². The maximum absolute atomic E-state index is 6.13. The van der Waals surface area contributed by atoms with Crippen LogP contribution in [0.1, 0.15) is 0 Å². The molecule has 0 spiro atoms. The quantitative estimate of drug-likeness (QED) is 0.689. The minimum Gasteiger partial charge on any atom is -0.481 e. The molecule has 0 fully saturated rings. The average molecular weight is 298 g/mol. The van der Waals surface area contributed by atoms with Gasteiger partial charge in [0.05, 0.1) is 12.8 Å². The minimum atomic E-state index is 0.398. The molecule has 4 nitrogen and oxygen atoms in total. The molecule has 0 radical (unpaired) electrons. The molecule has 0 atom stereocenters. The number of benzene rings is 1. The van der Waals surface area contributed by atoms with E-state index < -0.39 is 0 Å². The van der Waals surface area contributed by atoms with E-state index in [1.54, 1.807) is 19.4 Å². The standard InChI is InChI=1S/C16H12ClN3O/c1-21-15-9-12(7-8-18-15)13-10-14(17)20-16(19-13)11-5-3-2-4-6-11/h2-10H,1H3. The highest BCUT2D eigenvalue weighted by molar-refractivity contribution is 6.29. The van der Waals surface area contributed by atoms with Crippen LogP contribution in [0.5, 0.6) is 5.88 Å². The predicted octanol–water partition coefficient (Wildman–Crippen LogP) is 3.87. The lowest BCUT2D eigenvalue weighted by Gasteiger charge is -2.06. The number of hydrogen-bond donors (Lipinski definition) is 0. The first-order valence-corrected chi connectivity index (χ1v) is 6.74. The van der Waals surface area contributed by atoms with E-state index in [0.29, 0.717) is 16.9 Å². The third-order valence-electron chi connectivity index (χ3n) is 2.97. The Labute approximate surface area is 127 Å². The van der Waals surface area contributed by atoms with Crippen molar-refractivity contribution in [2.75, 3.05) is 7.11 Å². The van der Waals surface area contributed by atoms with Gasteiger partial charge in [-0.3, -0.25) is 0 Å². The summed E-state index contributed by atoms with van der Waals surface area (Å²) < 4.78 is 5.13. The minimum absolute atomic E-state index is 0.398. The molecule has 3 aromatic rings. The summed E-state index contributed by atoms with van der Waals surface area (Å²) in [6.07, 6.45) is 1.67. The summed E-state index contributed by atoms with van der Waals surface area (Å²) in [5.41, 5.74) is 2.53. The van der Waals surface area contributed by atoms with Crippen molar-refractivity contribution in [3.05, 3.63) is 59.9 Å². The molecule has 104 valence electrons. The summed E-state index contributed by atoms with van der Waals surface area (Å²) in [4.78, 5) is 12.9. The molecule has 0 aliphatic heterocycles. The van der Waals surface area contributed by atoms with Crippen LogP contribution in [0.4, 0.5) is 0 Å². The highest BCUT2D eigenvalue weighted by Crippen LogP contribution is 2.25. The van der Waals surface area contributed by atoms with Gasteiger partial charge in [0, 0.05) is 29.5 Å². The van der Waals surface area contributed by atoms with Gasteiger partial charge in [0.1, 0.15) is 5.15 Å². The van der Waals surface area contributed by atoms with Crippen molar-refractivity contribution in [2.24, 2.45) is 0 Å². The van der Waals surface area contributed by atoms with Crippen LogP contribution in [0.3, 0.4) is 0 Å². The number of hydrogen-bond acceptors (Lipinski definition) is 4. The van der Waals surface area contributed by atoms with Crippen molar-refractivity contribution >= 4 is 11.6 Å². The second-order valence-electron chi connectivity index (χ2n) is 4.35. The molecule has 21 heavy (non-hydrogen) atoms. The van der Waals surface area contributed by atoms with Crippen LogP contribution in [0.25, 0.3) is 22.6 Å². The molecule has 0 saturated heterocycles. The number of nitrogens with zero attached hydrogens (tertiary/aromatic N) is 3. The maximum Gasteiger partial charge on any atom is 0.213 e. The number of methoxy groups -OCH3 is 1. The molecule has 2 aromatic heterocycles. The second kappa shape index (κ2) is 5.89. The molecule has 0 aliphatic carbocycles. The Bertz CT molecular complexity index is 762. The summed E-state index contributed by atoms with van der Waals surface area (Å²) in [5.74, 6) is 1.12. The highest BCUT2D eigenvalue weighted by Gasteiger charge is 2.08. The fourth-order valence-electron chi connectivity index (χ4n) is 1.96. The normalized spacial score (nSPS) is 10.4. The molecule has 0 saturated carbocycles. The fraction of sp³-hybridized carbons (Fsp3) is 0.0625. The smallest absolute Gasteiger partial charge is 0.213 e. The SMILES string of the molecule is COc1cc(-c2cc(Cl)nc(-c3ccccc3)n2)ccn1. The van der Waals surface area contributed by atoms with Crippen molar-refractivity contribution in [1.82, 2.24) is 15.0 Å². The second-order valence-corrected chi connectivity index (χ2v) is 4.74. The first kappa shape index (κ1) is 13.5. The van der Waals surface area contributed by atoms with E-state index in [1.807, 2.05) is 42.5 Å². The van der Waals surface area contributed by atoms with Crippen LogP contribution in [-0.4, -0.2) is 22.1 Å². The van der Waals surface area contributed by atoms with Gasteiger partial charge in [-0.05, 0) is 6.07 Å². The molecule has 3 rings (SSSR count). The predicted molar refractivity (Wildman–Crippen MR) is 82.3 cm³/mol. The van der Waals surface area contributed by atoms with E-state index in [4.69, 9.17) is 16.3 Å². The van der Waals surface area contributed by atoms with Crippen LogP contribution in [0, 0.1) is 0 Å². The lowest BCUT2D eigenvalue weighted by molar-refractivity contribution is 0.398.